The summed E-state index contributed by atoms with van der Waals surface area (Å²) in [5.41, 5.74) is 6.97. The summed E-state index contributed by atoms with van der Waals surface area (Å²) >= 11 is 0. The molecule has 0 unspecified atom stereocenters. The van der Waals surface area contributed by atoms with Gasteiger partial charge in [-0.3, -0.25) is 0 Å². The van der Waals surface area contributed by atoms with Gasteiger partial charge in [0.05, 0.1) is 49.9 Å². The molecule has 0 aliphatic rings. The van der Waals surface area contributed by atoms with Crippen molar-refractivity contribution in [3.63, 3.8) is 0 Å². The molecule has 0 amide bonds. The van der Waals surface area contributed by atoms with Gasteiger partial charge < -0.3 is 19.6 Å². The Morgan fingerprint density at radius 2 is 1.00 bits per heavy atom. The zero-order valence-corrected chi connectivity index (χ0v) is 30.9. The van der Waals surface area contributed by atoms with E-state index >= 15 is 0 Å². The number of nitrogens with two attached hydrogens (primary N) is 1. The molecule has 0 saturated carbocycles. The van der Waals surface area contributed by atoms with Crippen LogP contribution in [0.4, 0.5) is 5.69 Å². The molecular formula is C29H43N3O11S4-2. The smallest absolute Gasteiger partial charge is 0.210 e. The van der Waals surface area contributed by atoms with E-state index in [1.807, 2.05) is 26.8 Å². The maximum absolute atomic E-state index is 10.7. The van der Waals surface area contributed by atoms with Gasteiger partial charge in [0, 0.05) is 45.4 Å². The third kappa shape index (κ3) is 15.4. The van der Waals surface area contributed by atoms with Crippen LogP contribution in [0, 0.1) is 0 Å². The highest BCUT2D eigenvalue weighted by atomic mass is 32.2. The van der Waals surface area contributed by atoms with E-state index in [-0.39, 0.29) is 18.7 Å². The van der Waals surface area contributed by atoms with Crippen LogP contribution < -0.4 is 5.73 Å². The number of benzene rings is 4. The first-order valence-corrected chi connectivity index (χ1v) is 20.7. The second-order valence-corrected chi connectivity index (χ2v) is 18.7. The zero-order chi connectivity index (χ0) is 36.6. The molecule has 2 N–H and O–H groups in total. The molecule has 0 spiro atoms. The number of ether oxygens (including phenoxy) is 1. The maximum atomic E-state index is 10.7. The third-order valence-corrected chi connectivity index (χ3v) is 10.6. The molecule has 4 rings (SSSR count). The highest BCUT2D eigenvalue weighted by molar-refractivity contribution is 7.89. The molecular weight excluding hydrogens is 695 g/mol. The van der Waals surface area contributed by atoms with Gasteiger partial charge in [0.1, 0.15) is 0 Å². The average Bonchev–Trinajstić information content (AvgIpc) is 2.93. The Hall–Kier alpha value is -2.68. The summed E-state index contributed by atoms with van der Waals surface area (Å²) in [7, 11) is -11.3. The Morgan fingerprint density at radius 1 is 0.660 bits per heavy atom. The lowest BCUT2D eigenvalue weighted by Gasteiger charge is -2.14. The lowest BCUT2D eigenvalue weighted by Crippen LogP contribution is -2.30. The molecule has 266 valence electrons. The fourth-order valence-corrected chi connectivity index (χ4v) is 5.64. The quantitative estimate of drug-likeness (QED) is 0.156. The predicted molar refractivity (Wildman–Crippen MR) is 185 cm³/mol. The van der Waals surface area contributed by atoms with Crippen molar-refractivity contribution in [2.45, 2.75) is 26.4 Å². The van der Waals surface area contributed by atoms with Crippen LogP contribution in [-0.2, 0) is 45.0 Å². The number of rotatable bonds is 8. The Labute approximate surface area is 278 Å². The molecule has 0 fully saturated rings. The van der Waals surface area contributed by atoms with Gasteiger partial charge >= 0.3 is 0 Å². The molecule has 47 heavy (non-hydrogen) atoms. The van der Waals surface area contributed by atoms with E-state index < -0.39 is 51.8 Å². The van der Waals surface area contributed by atoms with Crippen LogP contribution in [0.15, 0.2) is 54.6 Å². The first-order valence-electron chi connectivity index (χ1n) is 13.8. The van der Waals surface area contributed by atoms with Gasteiger partial charge in [0.15, 0.2) is 0 Å². The molecule has 0 aliphatic heterocycles. The number of nitrogen functional groups attached to an aromatic ring is 1. The minimum Gasteiger partial charge on any atom is -0.748 e. The lowest BCUT2D eigenvalue weighted by molar-refractivity contribution is 0.0397. The van der Waals surface area contributed by atoms with Crippen LogP contribution in [0.5, 0.6) is 0 Å². The summed E-state index contributed by atoms with van der Waals surface area (Å²) in [5, 5.41) is 7.61. The predicted octanol–water partition coefficient (Wildman–Crippen LogP) is 2.44. The van der Waals surface area contributed by atoms with Crippen molar-refractivity contribution in [2.24, 2.45) is 0 Å². The highest BCUT2D eigenvalue weighted by Crippen LogP contribution is 2.36. The first-order chi connectivity index (χ1) is 21.2. The molecule has 0 saturated heterocycles. The van der Waals surface area contributed by atoms with E-state index in [0.29, 0.717) is 0 Å². The normalized spacial score (nSPS) is 12.8. The van der Waals surface area contributed by atoms with E-state index in [1.165, 1.54) is 41.0 Å². The number of hydrogen-bond acceptors (Lipinski definition) is 12. The zero-order valence-electron chi connectivity index (χ0n) is 27.6. The molecule has 18 heteroatoms. The van der Waals surface area contributed by atoms with Crippen LogP contribution in [0.25, 0.3) is 32.3 Å². The minimum absolute atomic E-state index is 0.0417. The largest absolute Gasteiger partial charge is 0.748 e. The Kier molecular flexibility index (Phi) is 15.0. The van der Waals surface area contributed by atoms with E-state index in [9.17, 15) is 42.8 Å². The monoisotopic (exact) mass is 737 g/mol. The number of anilines is 1. The third-order valence-electron chi connectivity index (χ3n) is 6.62. The lowest BCUT2D eigenvalue weighted by atomic mass is 9.94. The van der Waals surface area contributed by atoms with Gasteiger partial charge in [0.2, 0.25) is 20.0 Å². The SMILES string of the molecule is CN(CCS(=O)(=O)[O-])S(C)(=O)=O.CN(CCS(=O)(=O)[O-])S(C)(=O)=O.COC(C)(C)C.Nc1ccc2ccc3cccc4ccc1c2c34. The van der Waals surface area contributed by atoms with Crippen LogP contribution in [0.3, 0.4) is 0 Å². The molecule has 0 heterocycles. The topological polar surface area (TPSA) is 224 Å². The molecule has 0 radical (unpaired) electrons. The second kappa shape index (κ2) is 16.6. The maximum Gasteiger partial charge on any atom is 0.210 e. The highest BCUT2D eigenvalue weighted by Gasteiger charge is 2.12. The standard InChI is InChI=1S/C16H11N.C5H12O.2C4H11NO5S2/c17-14-9-7-12-5-4-10-2-1-3-11-6-8-13(14)16(12)15(10)11;1-5(2,3)6-4;2*1-5(11(2,6)7)3-4-12(8,9)10/h1-9H,17H2;1-4H3;2*3-4H2,1-2H3,(H,8,9,10)/p-2. The van der Waals surface area contributed by atoms with E-state index in [1.54, 1.807) is 7.11 Å². The van der Waals surface area contributed by atoms with Gasteiger partial charge in [-0.1, -0.05) is 48.5 Å². The second-order valence-electron chi connectivity index (χ2n) is 11.5. The van der Waals surface area contributed by atoms with Gasteiger partial charge in [-0.05, 0) is 53.8 Å². The van der Waals surface area contributed by atoms with Crippen molar-refractivity contribution in [3.05, 3.63) is 54.6 Å². The van der Waals surface area contributed by atoms with Crippen LogP contribution in [0.1, 0.15) is 20.8 Å². The summed E-state index contributed by atoms with van der Waals surface area (Å²) in [6.07, 6.45) is 1.87. The fraction of sp³-hybridized carbons (Fsp3) is 0.448. The van der Waals surface area contributed by atoms with E-state index in [2.05, 4.69) is 48.5 Å². The number of hydrogen-bond donors (Lipinski definition) is 1. The van der Waals surface area contributed by atoms with Crippen molar-refractivity contribution >= 4 is 78.3 Å². The molecule has 0 atom stereocenters. The number of methoxy groups -OCH3 is 1. The Bertz CT molecular complexity index is 1980. The van der Waals surface area contributed by atoms with Crippen LogP contribution in [-0.4, -0.2) is 115 Å². The minimum atomic E-state index is -4.34. The summed E-state index contributed by atoms with van der Waals surface area (Å²) in [6.45, 7) is 5.46. The van der Waals surface area contributed by atoms with Gasteiger partial charge in [0.25, 0.3) is 0 Å². The first kappa shape index (κ1) is 42.3. The number of sulfonamides is 2. The molecule has 0 aromatic heterocycles. The van der Waals surface area contributed by atoms with Crippen molar-refractivity contribution in [1.82, 2.24) is 8.61 Å². The van der Waals surface area contributed by atoms with E-state index in [0.717, 1.165) is 32.2 Å². The summed E-state index contributed by atoms with van der Waals surface area (Å²) < 4.78 is 110. The Balaban J connectivity index is 0.000000333. The molecule has 4 aromatic rings. The van der Waals surface area contributed by atoms with E-state index in [4.69, 9.17) is 10.5 Å². The summed E-state index contributed by atoms with van der Waals surface area (Å²) in [6, 6.07) is 19.1. The van der Waals surface area contributed by atoms with Crippen molar-refractivity contribution < 1.29 is 47.5 Å². The Morgan fingerprint density at radius 3 is 1.34 bits per heavy atom. The van der Waals surface area contributed by atoms with Crippen LogP contribution >= 0.6 is 0 Å². The van der Waals surface area contributed by atoms with Gasteiger partial charge in [-0.15, -0.1) is 0 Å². The summed E-state index contributed by atoms with van der Waals surface area (Å²) in [4.78, 5) is 0. The molecule has 14 nitrogen and oxygen atoms in total. The molecule has 4 aromatic carbocycles. The molecule has 0 aliphatic carbocycles. The number of nitrogens with zero attached hydrogens (tertiary/aromatic N) is 2. The van der Waals surface area contributed by atoms with Crippen LogP contribution in [0.2, 0.25) is 0 Å². The average molecular weight is 738 g/mol. The fourth-order valence-electron chi connectivity index (χ4n) is 3.57. The van der Waals surface area contributed by atoms with Crippen molar-refractivity contribution in [3.8, 4) is 0 Å². The van der Waals surface area contributed by atoms with Gasteiger partial charge in [-0.2, -0.15) is 0 Å². The summed E-state index contributed by atoms with van der Waals surface area (Å²) in [5.74, 6) is -1.40. The molecule has 0 bridgehead atoms. The van der Waals surface area contributed by atoms with Gasteiger partial charge in [-0.25, -0.2) is 42.3 Å². The van der Waals surface area contributed by atoms with Crippen molar-refractivity contribution in [2.75, 3.05) is 64.0 Å². The van der Waals surface area contributed by atoms with Crippen molar-refractivity contribution in [1.29, 1.82) is 0 Å².